The van der Waals surface area contributed by atoms with Crippen LogP contribution in [0.1, 0.15) is 11.1 Å². The molecule has 2 N–H and O–H groups in total. The average molecular weight is 344 g/mol. The Labute approximate surface area is 149 Å². The minimum atomic E-state index is 0.692. The molecule has 0 aliphatic heterocycles. The van der Waals surface area contributed by atoms with Gasteiger partial charge in [-0.05, 0) is 60.5 Å². The predicted octanol–water partition coefficient (Wildman–Crippen LogP) is 2.95. The van der Waals surface area contributed by atoms with E-state index in [4.69, 9.17) is 21.7 Å². The molecule has 0 aliphatic rings. The minimum Gasteiger partial charge on any atom is -0.497 e. The molecule has 0 unspecified atom stereocenters. The van der Waals surface area contributed by atoms with E-state index in [1.165, 1.54) is 11.1 Å². The van der Waals surface area contributed by atoms with Crippen LogP contribution < -0.4 is 20.1 Å². The van der Waals surface area contributed by atoms with Gasteiger partial charge in [0.05, 0.1) is 14.2 Å². The van der Waals surface area contributed by atoms with Gasteiger partial charge in [0.1, 0.15) is 11.5 Å². The van der Waals surface area contributed by atoms with Crippen molar-refractivity contribution in [3.05, 3.63) is 59.7 Å². The maximum atomic E-state index is 5.30. The van der Waals surface area contributed by atoms with Gasteiger partial charge in [0.15, 0.2) is 5.11 Å². The third-order valence-electron chi connectivity index (χ3n) is 3.72. The summed E-state index contributed by atoms with van der Waals surface area (Å²) in [4.78, 5) is 0. The van der Waals surface area contributed by atoms with Gasteiger partial charge in [-0.1, -0.05) is 24.3 Å². The molecular weight excluding hydrogens is 320 g/mol. The van der Waals surface area contributed by atoms with Crippen LogP contribution in [0.4, 0.5) is 0 Å². The zero-order chi connectivity index (χ0) is 17.2. The molecule has 5 heteroatoms. The molecule has 0 aromatic heterocycles. The zero-order valence-electron chi connectivity index (χ0n) is 14.2. The van der Waals surface area contributed by atoms with Gasteiger partial charge in [0.25, 0.3) is 0 Å². The summed E-state index contributed by atoms with van der Waals surface area (Å²) in [6, 6.07) is 16.2. The van der Waals surface area contributed by atoms with E-state index in [1.807, 2.05) is 24.3 Å². The van der Waals surface area contributed by atoms with Gasteiger partial charge in [-0.25, -0.2) is 0 Å². The number of hydrogen-bond acceptors (Lipinski definition) is 3. The van der Waals surface area contributed by atoms with Crippen molar-refractivity contribution in [1.29, 1.82) is 0 Å². The first-order valence-electron chi connectivity index (χ1n) is 7.99. The van der Waals surface area contributed by atoms with Gasteiger partial charge in [-0.2, -0.15) is 0 Å². The molecular formula is C19H24N2O2S. The molecule has 24 heavy (non-hydrogen) atoms. The molecule has 2 rings (SSSR count). The third-order valence-corrected chi connectivity index (χ3v) is 4.01. The molecule has 0 spiro atoms. The maximum Gasteiger partial charge on any atom is 0.166 e. The van der Waals surface area contributed by atoms with Crippen LogP contribution in [0.3, 0.4) is 0 Å². The van der Waals surface area contributed by atoms with E-state index in [2.05, 4.69) is 34.9 Å². The Morgan fingerprint density at radius 2 is 1.12 bits per heavy atom. The van der Waals surface area contributed by atoms with E-state index in [1.54, 1.807) is 14.2 Å². The molecule has 2 aromatic carbocycles. The lowest BCUT2D eigenvalue weighted by molar-refractivity contribution is 0.414. The maximum absolute atomic E-state index is 5.30. The van der Waals surface area contributed by atoms with Crippen molar-refractivity contribution < 1.29 is 9.47 Å². The Bertz CT molecular complexity index is 571. The zero-order valence-corrected chi connectivity index (χ0v) is 15.0. The topological polar surface area (TPSA) is 42.5 Å². The van der Waals surface area contributed by atoms with Gasteiger partial charge in [0, 0.05) is 13.1 Å². The van der Waals surface area contributed by atoms with Crippen molar-refractivity contribution >= 4 is 17.3 Å². The quantitative estimate of drug-likeness (QED) is 0.721. The number of methoxy groups -OCH3 is 2. The standard InChI is InChI=1S/C19H24N2O2S/c1-22-17-7-3-15(4-8-17)11-13-20-19(24)21-14-12-16-5-9-18(23-2)10-6-16/h3-10H,11-14H2,1-2H3,(H2,20,21,24). The second kappa shape index (κ2) is 9.78. The predicted molar refractivity (Wildman–Crippen MR) is 102 cm³/mol. The summed E-state index contributed by atoms with van der Waals surface area (Å²) in [5.74, 6) is 1.75. The van der Waals surface area contributed by atoms with E-state index < -0.39 is 0 Å². The van der Waals surface area contributed by atoms with Crippen LogP contribution in [0, 0.1) is 0 Å². The Morgan fingerprint density at radius 3 is 1.46 bits per heavy atom. The Balaban J connectivity index is 1.62. The van der Waals surface area contributed by atoms with Crippen LogP contribution in [0.2, 0.25) is 0 Å². The van der Waals surface area contributed by atoms with Crippen LogP contribution in [0.25, 0.3) is 0 Å². The fourth-order valence-corrected chi connectivity index (χ4v) is 2.49. The summed E-state index contributed by atoms with van der Waals surface area (Å²) in [6.45, 7) is 1.61. The van der Waals surface area contributed by atoms with Crippen molar-refractivity contribution in [1.82, 2.24) is 10.6 Å². The number of nitrogens with one attached hydrogen (secondary N) is 2. The molecule has 0 aliphatic carbocycles. The van der Waals surface area contributed by atoms with Gasteiger partial charge in [-0.15, -0.1) is 0 Å². The second-order valence-corrected chi connectivity index (χ2v) is 5.79. The molecule has 2 aromatic rings. The summed E-state index contributed by atoms with van der Waals surface area (Å²) in [6.07, 6.45) is 1.84. The van der Waals surface area contributed by atoms with Crippen molar-refractivity contribution in [3.8, 4) is 11.5 Å². The smallest absolute Gasteiger partial charge is 0.166 e. The average Bonchev–Trinajstić information content (AvgIpc) is 2.63. The molecule has 0 heterocycles. The largest absolute Gasteiger partial charge is 0.497 e. The van der Waals surface area contributed by atoms with Gasteiger partial charge >= 0.3 is 0 Å². The highest BCUT2D eigenvalue weighted by Crippen LogP contribution is 2.12. The Kier molecular flexibility index (Phi) is 7.36. The summed E-state index contributed by atoms with van der Waals surface area (Å²) < 4.78 is 10.3. The monoisotopic (exact) mass is 344 g/mol. The highest BCUT2D eigenvalue weighted by atomic mass is 32.1. The molecule has 128 valence electrons. The fourth-order valence-electron chi connectivity index (χ4n) is 2.29. The van der Waals surface area contributed by atoms with E-state index in [0.29, 0.717) is 5.11 Å². The van der Waals surface area contributed by atoms with E-state index in [0.717, 1.165) is 37.4 Å². The highest BCUT2D eigenvalue weighted by molar-refractivity contribution is 7.80. The second-order valence-electron chi connectivity index (χ2n) is 5.38. The van der Waals surface area contributed by atoms with Gasteiger partial charge in [-0.3, -0.25) is 0 Å². The van der Waals surface area contributed by atoms with E-state index in [9.17, 15) is 0 Å². The summed E-state index contributed by atoms with van der Waals surface area (Å²) >= 11 is 5.30. The van der Waals surface area contributed by atoms with Crippen LogP contribution in [0.15, 0.2) is 48.5 Å². The normalized spacial score (nSPS) is 10.1. The van der Waals surface area contributed by atoms with Crippen molar-refractivity contribution in [2.75, 3.05) is 27.3 Å². The SMILES string of the molecule is COc1ccc(CCNC(=S)NCCc2ccc(OC)cc2)cc1. The van der Waals surface area contributed by atoms with Crippen molar-refractivity contribution in [2.45, 2.75) is 12.8 Å². The molecule has 0 bridgehead atoms. The lowest BCUT2D eigenvalue weighted by Gasteiger charge is -2.11. The van der Waals surface area contributed by atoms with Crippen molar-refractivity contribution in [2.24, 2.45) is 0 Å². The molecule has 4 nitrogen and oxygen atoms in total. The fraction of sp³-hybridized carbons (Fsp3) is 0.316. The van der Waals surface area contributed by atoms with Gasteiger partial charge in [0.2, 0.25) is 0 Å². The summed E-state index contributed by atoms with van der Waals surface area (Å²) in [7, 11) is 3.35. The minimum absolute atomic E-state index is 0.692. The molecule has 0 amide bonds. The van der Waals surface area contributed by atoms with Crippen LogP contribution in [0.5, 0.6) is 11.5 Å². The van der Waals surface area contributed by atoms with Crippen LogP contribution in [-0.2, 0) is 12.8 Å². The van der Waals surface area contributed by atoms with E-state index in [-0.39, 0.29) is 0 Å². The van der Waals surface area contributed by atoms with Crippen LogP contribution >= 0.6 is 12.2 Å². The number of benzene rings is 2. The lowest BCUT2D eigenvalue weighted by atomic mass is 10.1. The Morgan fingerprint density at radius 1 is 0.750 bits per heavy atom. The first-order valence-corrected chi connectivity index (χ1v) is 8.39. The molecule has 0 atom stereocenters. The number of hydrogen-bond donors (Lipinski definition) is 2. The number of ether oxygens (including phenoxy) is 2. The number of rotatable bonds is 8. The molecule has 0 saturated heterocycles. The first kappa shape index (κ1) is 18.1. The Hall–Kier alpha value is -2.27. The first-order chi connectivity index (χ1) is 11.7. The third kappa shape index (κ3) is 6.08. The van der Waals surface area contributed by atoms with Gasteiger partial charge < -0.3 is 20.1 Å². The number of thiocarbonyl (C=S) groups is 1. The van der Waals surface area contributed by atoms with Crippen molar-refractivity contribution in [3.63, 3.8) is 0 Å². The molecule has 0 radical (unpaired) electrons. The van der Waals surface area contributed by atoms with E-state index >= 15 is 0 Å². The molecule has 0 fully saturated rings. The summed E-state index contributed by atoms with van der Waals surface area (Å²) in [5.41, 5.74) is 2.51. The summed E-state index contributed by atoms with van der Waals surface area (Å²) in [5, 5.41) is 7.16. The van der Waals surface area contributed by atoms with Crippen LogP contribution in [-0.4, -0.2) is 32.4 Å². The highest BCUT2D eigenvalue weighted by Gasteiger charge is 1.99. The lowest BCUT2D eigenvalue weighted by Crippen LogP contribution is -2.37. The molecule has 0 saturated carbocycles.